The Labute approximate surface area is 72.5 Å². The molecule has 0 bridgehead atoms. The van der Waals surface area contributed by atoms with Crippen LogP contribution in [0.1, 0.15) is 6.92 Å². The molecule has 1 aliphatic rings. The van der Waals surface area contributed by atoms with Crippen molar-refractivity contribution in [1.29, 1.82) is 5.26 Å². The van der Waals surface area contributed by atoms with Gasteiger partial charge in [-0.25, -0.2) is 0 Å². The van der Waals surface area contributed by atoms with Crippen LogP contribution < -0.4 is 5.32 Å². The van der Waals surface area contributed by atoms with Crippen LogP contribution in [0.25, 0.3) is 0 Å². The fourth-order valence-corrected chi connectivity index (χ4v) is 1.10. The maximum atomic E-state index is 8.54. The minimum atomic E-state index is -0.139. The zero-order valence-corrected chi connectivity index (χ0v) is 7.25. The van der Waals surface area contributed by atoms with Crippen molar-refractivity contribution in [3.8, 4) is 6.07 Å². The topological polar surface area (TPSA) is 54.3 Å². The van der Waals surface area contributed by atoms with Gasteiger partial charge in [-0.3, -0.25) is 5.32 Å². The summed E-state index contributed by atoms with van der Waals surface area (Å²) in [6.45, 7) is 4.39. The zero-order chi connectivity index (χ0) is 8.81. The van der Waals surface area contributed by atoms with E-state index < -0.39 is 0 Å². The molecule has 0 aromatic heterocycles. The van der Waals surface area contributed by atoms with E-state index in [2.05, 4.69) is 11.4 Å². The lowest BCUT2D eigenvalue weighted by atomic mass is 10.3. The van der Waals surface area contributed by atoms with E-state index in [1.165, 1.54) is 0 Å². The molecule has 4 nitrogen and oxygen atoms in total. The molecule has 0 saturated carbocycles. The first-order valence-corrected chi connectivity index (χ1v) is 4.14. The van der Waals surface area contributed by atoms with E-state index in [-0.39, 0.29) is 12.1 Å². The van der Waals surface area contributed by atoms with Crippen LogP contribution in [0, 0.1) is 11.3 Å². The first-order valence-electron chi connectivity index (χ1n) is 4.14. The van der Waals surface area contributed by atoms with Crippen molar-refractivity contribution < 1.29 is 9.47 Å². The molecule has 12 heavy (non-hydrogen) atoms. The third-order valence-corrected chi connectivity index (χ3v) is 1.69. The van der Waals surface area contributed by atoms with E-state index in [0.29, 0.717) is 26.4 Å². The van der Waals surface area contributed by atoms with E-state index in [0.717, 1.165) is 0 Å². The standard InChI is InChI=1S/C8H14N2O2/c1-7(4-9)10-8-5-11-2-3-12-6-8/h7-8,10H,2-3,5-6H2,1H3. The van der Waals surface area contributed by atoms with Crippen LogP contribution in [-0.4, -0.2) is 38.5 Å². The average Bonchev–Trinajstić information content (AvgIpc) is 2.33. The van der Waals surface area contributed by atoms with Gasteiger partial charge in [0.15, 0.2) is 0 Å². The van der Waals surface area contributed by atoms with Gasteiger partial charge in [-0.2, -0.15) is 5.26 Å². The Balaban J connectivity index is 2.25. The molecule has 4 heteroatoms. The Morgan fingerprint density at radius 1 is 1.42 bits per heavy atom. The number of ether oxygens (including phenoxy) is 2. The van der Waals surface area contributed by atoms with Crippen molar-refractivity contribution >= 4 is 0 Å². The first-order chi connectivity index (χ1) is 5.83. The van der Waals surface area contributed by atoms with Crippen molar-refractivity contribution in [3.63, 3.8) is 0 Å². The van der Waals surface area contributed by atoms with Crippen LogP contribution in [0.15, 0.2) is 0 Å². The van der Waals surface area contributed by atoms with Crippen molar-refractivity contribution in [2.45, 2.75) is 19.0 Å². The number of nitriles is 1. The molecule has 1 heterocycles. The highest BCUT2D eigenvalue weighted by atomic mass is 16.5. The third-order valence-electron chi connectivity index (χ3n) is 1.69. The maximum Gasteiger partial charge on any atom is 0.0928 e. The summed E-state index contributed by atoms with van der Waals surface area (Å²) in [4.78, 5) is 0. The molecule has 1 fully saturated rings. The van der Waals surface area contributed by atoms with Crippen molar-refractivity contribution in [2.24, 2.45) is 0 Å². The van der Waals surface area contributed by atoms with Crippen molar-refractivity contribution in [3.05, 3.63) is 0 Å². The van der Waals surface area contributed by atoms with E-state index in [9.17, 15) is 0 Å². The zero-order valence-electron chi connectivity index (χ0n) is 7.25. The molecule has 1 unspecified atom stereocenters. The van der Waals surface area contributed by atoms with Crippen molar-refractivity contribution in [2.75, 3.05) is 26.4 Å². The lowest BCUT2D eigenvalue weighted by Gasteiger charge is -2.16. The normalized spacial score (nSPS) is 22.7. The largest absolute Gasteiger partial charge is 0.377 e. The summed E-state index contributed by atoms with van der Waals surface area (Å²) in [6, 6.07) is 2.13. The quantitative estimate of drug-likeness (QED) is 0.629. The van der Waals surface area contributed by atoms with Crippen LogP contribution in [0.4, 0.5) is 0 Å². The fraction of sp³-hybridized carbons (Fsp3) is 0.875. The molecule has 0 amide bonds. The van der Waals surface area contributed by atoms with Gasteiger partial charge in [0.05, 0.1) is 44.6 Å². The summed E-state index contributed by atoms with van der Waals surface area (Å²) in [6.07, 6.45) is 0. The Hall–Kier alpha value is -0.630. The predicted molar refractivity (Wildman–Crippen MR) is 43.6 cm³/mol. The summed E-state index contributed by atoms with van der Waals surface area (Å²) in [5.41, 5.74) is 0. The number of hydrogen-bond acceptors (Lipinski definition) is 4. The average molecular weight is 170 g/mol. The molecule has 1 N–H and O–H groups in total. The summed E-state index contributed by atoms with van der Waals surface area (Å²) >= 11 is 0. The van der Waals surface area contributed by atoms with Crippen LogP contribution in [0.3, 0.4) is 0 Å². The summed E-state index contributed by atoms with van der Waals surface area (Å²) in [7, 11) is 0. The lowest BCUT2D eigenvalue weighted by Crippen LogP contribution is -2.41. The maximum absolute atomic E-state index is 8.54. The molecule has 1 saturated heterocycles. The van der Waals surface area contributed by atoms with E-state index >= 15 is 0 Å². The number of nitrogens with zero attached hydrogens (tertiary/aromatic N) is 1. The van der Waals surface area contributed by atoms with Crippen LogP contribution in [-0.2, 0) is 9.47 Å². The monoisotopic (exact) mass is 170 g/mol. The van der Waals surface area contributed by atoms with Gasteiger partial charge in [-0.15, -0.1) is 0 Å². The molecule has 0 aliphatic carbocycles. The molecule has 0 spiro atoms. The summed E-state index contributed by atoms with van der Waals surface area (Å²) < 4.78 is 10.5. The van der Waals surface area contributed by atoms with Gasteiger partial charge < -0.3 is 9.47 Å². The Morgan fingerprint density at radius 3 is 2.50 bits per heavy atom. The second kappa shape index (κ2) is 5.09. The second-order valence-corrected chi connectivity index (χ2v) is 2.86. The van der Waals surface area contributed by atoms with Crippen LogP contribution >= 0.6 is 0 Å². The highest BCUT2D eigenvalue weighted by molar-refractivity contribution is 4.88. The molecule has 1 atom stereocenters. The highest BCUT2D eigenvalue weighted by Gasteiger charge is 2.14. The lowest BCUT2D eigenvalue weighted by molar-refractivity contribution is 0.103. The van der Waals surface area contributed by atoms with Gasteiger partial charge in [0, 0.05) is 0 Å². The molecular weight excluding hydrogens is 156 g/mol. The van der Waals surface area contributed by atoms with E-state index in [1.807, 2.05) is 6.92 Å². The smallest absolute Gasteiger partial charge is 0.0928 e. The minimum absolute atomic E-state index is 0.139. The summed E-state index contributed by atoms with van der Waals surface area (Å²) in [5, 5.41) is 11.6. The third kappa shape index (κ3) is 3.18. The molecule has 68 valence electrons. The van der Waals surface area contributed by atoms with Gasteiger partial charge in [-0.05, 0) is 6.92 Å². The Bertz CT molecular complexity index is 159. The fourth-order valence-electron chi connectivity index (χ4n) is 1.10. The van der Waals surface area contributed by atoms with Gasteiger partial charge >= 0.3 is 0 Å². The Kier molecular flexibility index (Phi) is 4.01. The second-order valence-electron chi connectivity index (χ2n) is 2.86. The van der Waals surface area contributed by atoms with Gasteiger partial charge in [0.1, 0.15) is 0 Å². The molecular formula is C8H14N2O2. The number of nitrogens with one attached hydrogen (secondary N) is 1. The highest BCUT2D eigenvalue weighted by Crippen LogP contribution is 1.96. The van der Waals surface area contributed by atoms with E-state index in [4.69, 9.17) is 14.7 Å². The van der Waals surface area contributed by atoms with Gasteiger partial charge in [-0.1, -0.05) is 0 Å². The Morgan fingerprint density at radius 2 is 2.00 bits per heavy atom. The number of hydrogen-bond donors (Lipinski definition) is 1. The molecule has 1 aliphatic heterocycles. The van der Waals surface area contributed by atoms with Crippen LogP contribution in [0.5, 0.6) is 0 Å². The minimum Gasteiger partial charge on any atom is -0.377 e. The molecule has 0 aromatic carbocycles. The predicted octanol–water partition coefficient (Wildman–Crippen LogP) is -0.0965. The number of rotatable bonds is 2. The molecule has 0 radical (unpaired) electrons. The molecule has 0 aromatic rings. The van der Waals surface area contributed by atoms with Crippen molar-refractivity contribution in [1.82, 2.24) is 5.32 Å². The van der Waals surface area contributed by atoms with Crippen LogP contribution in [0.2, 0.25) is 0 Å². The summed E-state index contributed by atoms with van der Waals surface area (Å²) in [5.74, 6) is 0. The first kappa shape index (κ1) is 9.46. The van der Waals surface area contributed by atoms with Gasteiger partial charge in [0.2, 0.25) is 0 Å². The van der Waals surface area contributed by atoms with E-state index in [1.54, 1.807) is 0 Å². The molecule has 1 rings (SSSR count). The van der Waals surface area contributed by atoms with Gasteiger partial charge in [0.25, 0.3) is 0 Å². The SMILES string of the molecule is CC(C#N)NC1COCCOC1.